The van der Waals surface area contributed by atoms with Crippen molar-refractivity contribution in [1.29, 1.82) is 0 Å². The smallest absolute Gasteiger partial charge is 0.270 e. The van der Waals surface area contributed by atoms with E-state index in [1.165, 1.54) is 10.8 Å². The lowest BCUT2D eigenvalue weighted by Gasteiger charge is -2.10. The second-order valence-corrected chi connectivity index (χ2v) is 8.06. The summed E-state index contributed by atoms with van der Waals surface area (Å²) in [7, 11) is 0. The fourth-order valence-corrected chi connectivity index (χ4v) is 5.08. The Balaban J connectivity index is 1.87. The Morgan fingerprint density at radius 2 is 1.22 bits per heavy atom. The molecule has 0 aliphatic carbocycles. The number of nitrogens with zero attached hydrogens (tertiary/aromatic N) is 3. The van der Waals surface area contributed by atoms with Crippen LogP contribution in [0, 0.1) is 10.1 Å². The third kappa shape index (κ3) is 2.09. The zero-order valence-electron chi connectivity index (χ0n) is 16.8. The fraction of sp³-hybridized carbons (Fsp3) is 0. The summed E-state index contributed by atoms with van der Waals surface area (Å²) in [6, 6.07) is 29.8. The lowest BCUT2D eigenvalue weighted by atomic mass is 10.00. The van der Waals surface area contributed by atoms with Crippen molar-refractivity contribution in [1.82, 2.24) is 9.38 Å². The van der Waals surface area contributed by atoms with Crippen LogP contribution in [-0.4, -0.2) is 14.3 Å². The Bertz CT molecular complexity index is 1920. The minimum absolute atomic E-state index is 0.0849. The Morgan fingerprint density at radius 1 is 0.656 bits per heavy atom. The molecule has 150 valence electrons. The predicted molar refractivity (Wildman–Crippen MR) is 129 cm³/mol. The molecule has 0 aliphatic rings. The molecule has 5 aromatic carbocycles. The molecule has 2 heterocycles. The van der Waals surface area contributed by atoms with E-state index in [4.69, 9.17) is 4.98 Å². The van der Waals surface area contributed by atoms with Gasteiger partial charge in [0.1, 0.15) is 5.65 Å². The summed E-state index contributed by atoms with van der Waals surface area (Å²) in [5, 5.41) is 18.9. The molecule has 0 saturated carbocycles. The first-order valence-corrected chi connectivity index (χ1v) is 10.4. The van der Waals surface area contributed by atoms with Crippen molar-refractivity contribution in [3.63, 3.8) is 0 Å². The molecular formula is C27H15N3O2. The highest BCUT2D eigenvalue weighted by molar-refractivity contribution is 6.26. The molecule has 0 atom stereocenters. The number of rotatable bonds is 1. The third-order valence-corrected chi connectivity index (χ3v) is 6.42. The number of non-ortho nitro benzene ring substituents is 1. The second kappa shape index (κ2) is 6.02. The minimum Gasteiger partial charge on any atom is -0.291 e. The maximum atomic E-state index is 11.5. The molecule has 0 aliphatic heterocycles. The molecular weight excluding hydrogens is 398 g/mol. The number of hydrogen-bond donors (Lipinski definition) is 0. The largest absolute Gasteiger partial charge is 0.291 e. The lowest BCUT2D eigenvalue weighted by Crippen LogP contribution is -1.94. The minimum atomic E-state index is -0.340. The molecule has 5 nitrogen and oxygen atoms in total. The van der Waals surface area contributed by atoms with E-state index in [1.54, 1.807) is 12.1 Å². The van der Waals surface area contributed by atoms with Crippen LogP contribution in [-0.2, 0) is 0 Å². The molecule has 0 unspecified atom stereocenters. The predicted octanol–water partition coefficient (Wildman–Crippen LogP) is 7.01. The van der Waals surface area contributed by atoms with Gasteiger partial charge in [-0.15, -0.1) is 0 Å². The van der Waals surface area contributed by atoms with Gasteiger partial charge in [0.05, 0.1) is 21.5 Å². The van der Waals surface area contributed by atoms with Crippen LogP contribution in [0.3, 0.4) is 0 Å². The Morgan fingerprint density at radius 3 is 1.91 bits per heavy atom. The van der Waals surface area contributed by atoms with Gasteiger partial charge in [0.15, 0.2) is 0 Å². The number of pyridine rings is 1. The van der Waals surface area contributed by atoms with Gasteiger partial charge in [-0.3, -0.25) is 14.5 Å². The van der Waals surface area contributed by atoms with Crippen LogP contribution < -0.4 is 0 Å². The maximum absolute atomic E-state index is 11.5. The van der Waals surface area contributed by atoms with Gasteiger partial charge < -0.3 is 0 Å². The van der Waals surface area contributed by atoms with Gasteiger partial charge in [0, 0.05) is 33.7 Å². The van der Waals surface area contributed by atoms with Gasteiger partial charge in [-0.1, -0.05) is 72.8 Å². The topological polar surface area (TPSA) is 60.4 Å². The monoisotopic (exact) mass is 413 g/mol. The molecule has 7 aromatic rings. The third-order valence-electron chi connectivity index (χ3n) is 6.42. The summed E-state index contributed by atoms with van der Waals surface area (Å²) in [5.41, 5.74) is 3.82. The van der Waals surface area contributed by atoms with E-state index >= 15 is 0 Å². The van der Waals surface area contributed by atoms with Crippen molar-refractivity contribution in [3.8, 4) is 0 Å². The van der Waals surface area contributed by atoms with E-state index in [2.05, 4.69) is 40.8 Å². The number of nitro groups is 1. The van der Waals surface area contributed by atoms with E-state index in [9.17, 15) is 10.1 Å². The SMILES string of the molecule is O=[N+]([O-])c1ccc2c(c1)c1ccccc1c1nc3c4ccccc4c4ccccc4c3n21. The van der Waals surface area contributed by atoms with Gasteiger partial charge in [0.2, 0.25) is 0 Å². The second-order valence-electron chi connectivity index (χ2n) is 8.06. The van der Waals surface area contributed by atoms with E-state index in [1.807, 2.05) is 42.5 Å². The summed E-state index contributed by atoms with van der Waals surface area (Å²) in [4.78, 5) is 16.3. The fourth-order valence-electron chi connectivity index (χ4n) is 5.08. The molecule has 0 spiro atoms. The number of benzene rings is 5. The molecule has 0 radical (unpaired) electrons. The molecule has 32 heavy (non-hydrogen) atoms. The lowest BCUT2D eigenvalue weighted by molar-refractivity contribution is -0.384. The zero-order chi connectivity index (χ0) is 21.4. The highest BCUT2D eigenvalue weighted by Crippen LogP contribution is 2.39. The number of imidazole rings is 1. The van der Waals surface area contributed by atoms with Crippen molar-refractivity contribution >= 4 is 65.6 Å². The Hall–Kier alpha value is -4.51. The zero-order valence-corrected chi connectivity index (χ0v) is 16.8. The van der Waals surface area contributed by atoms with Crippen molar-refractivity contribution in [2.45, 2.75) is 0 Å². The average Bonchev–Trinajstić information content (AvgIpc) is 3.25. The normalized spacial score (nSPS) is 12.0. The van der Waals surface area contributed by atoms with E-state index in [0.29, 0.717) is 0 Å². The molecule has 0 saturated heterocycles. The summed E-state index contributed by atoms with van der Waals surface area (Å²) in [6.45, 7) is 0. The van der Waals surface area contributed by atoms with Crippen molar-refractivity contribution in [2.24, 2.45) is 0 Å². The first-order chi connectivity index (χ1) is 15.7. The number of nitro benzene ring substituents is 1. The number of hydrogen-bond acceptors (Lipinski definition) is 3. The molecule has 0 bridgehead atoms. The maximum Gasteiger partial charge on any atom is 0.270 e. The van der Waals surface area contributed by atoms with Crippen LogP contribution in [0.1, 0.15) is 0 Å². The van der Waals surface area contributed by atoms with Crippen LogP contribution in [0.5, 0.6) is 0 Å². The van der Waals surface area contributed by atoms with E-state index < -0.39 is 0 Å². The number of aromatic nitrogens is 2. The van der Waals surface area contributed by atoms with E-state index in [0.717, 1.165) is 49.1 Å². The van der Waals surface area contributed by atoms with Gasteiger partial charge >= 0.3 is 0 Å². The van der Waals surface area contributed by atoms with Crippen LogP contribution in [0.4, 0.5) is 5.69 Å². The average molecular weight is 413 g/mol. The summed E-state index contributed by atoms with van der Waals surface area (Å²) in [6.07, 6.45) is 0. The van der Waals surface area contributed by atoms with Crippen LogP contribution in [0.2, 0.25) is 0 Å². The summed E-state index contributed by atoms with van der Waals surface area (Å²) >= 11 is 0. The van der Waals surface area contributed by atoms with Crippen molar-refractivity contribution in [2.75, 3.05) is 0 Å². The van der Waals surface area contributed by atoms with Gasteiger partial charge in [-0.05, 0) is 22.2 Å². The van der Waals surface area contributed by atoms with Gasteiger partial charge in [-0.2, -0.15) is 0 Å². The Kier molecular flexibility index (Phi) is 3.23. The molecule has 0 amide bonds. The highest BCUT2D eigenvalue weighted by atomic mass is 16.6. The van der Waals surface area contributed by atoms with Crippen molar-refractivity contribution < 1.29 is 4.92 Å². The molecule has 0 N–H and O–H groups in total. The summed E-state index contributed by atoms with van der Waals surface area (Å²) in [5.74, 6) is 0. The standard InChI is InChI=1S/C27H15N3O2/c31-30(32)16-13-14-24-23(15-16)19-9-3-6-12-22(19)27-28-25-20-10-4-1-7-17(20)18-8-2-5-11-21(18)26(25)29(24)27/h1-15H. The van der Waals surface area contributed by atoms with Crippen LogP contribution in [0.15, 0.2) is 91.0 Å². The van der Waals surface area contributed by atoms with Crippen LogP contribution >= 0.6 is 0 Å². The van der Waals surface area contributed by atoms with Crippen molar-refractivity contribution in [3.05, 3.63) is 101 Å². The Labute approximate surface area is 181 Å². The van der Waals surface area contributed by atoms with Crippen LogP contribution in [0.25, 0.3) is 59.9 Å². The van der Waals surface area contributed by atoms with Gasteiger partial charge in [-0.25, -0.2) is 4.98 Å². The first kappa shape index (κ1) is 17.2. The molecule has 7 rings (SSSR count). The first-order valence-electron chi connectivity index (χ1n) is 10.4. The van der Waals surface area contributed by atoms with Gasteiger partial charge in [0.25, 0.3) is 5.69 Å². The molecule has 2 aromatic heterocycles. The van der Waals surface area contributed by atoms with E-state index in [-0.39, 0.29) is 10.6 Å². The quantitative estimate of drug-likeness (QED) is 0.165. The molecule has 5 heteroatoms. The number of fused-ring (bicyclic) bond motifs is 13. The molecule has 0 fully saturated rings. The highest BCUT2D eigenvalue weighted by Gasteiger charge is 2.19. The summed E-state index contributed by atoms with van der Waals surface area (Å²) < 4.78 is 2.17.